The highest BCUT2D eigenvalue weighted by Crippen LogP contribution is 2.40. The Kier molecular flexibility index (Phi) is 4.23. The SMILES string of the molecule is Cc1ccc([C@@H]2CC[C@@H](C)N2c2ccc(C(C)(C)C)cc2)cc1. The number of aryl methyl sites for hydroxylation is 1. The van der Waals surface area contributed by atoms with Gasteiger partial charge in [0.2, 0.25) is 0 Å². The number of rotatable bonds is 2. The van der Waals surface area contributed by atoms with Crippen molar-refractivity contribution >= 4 is 5.69 Å². The van der Waals surface area contributed by atoms with Gasteiger partial charge in [0.05, 0.1) is 6.04 Å². The van der Waals surface area contributed by atoms with Crippen LogP contribution in [0.5, 0.6) is 0 Å². The lowest BCUT2D eigenvalue weighted by molar-refractivity contribution is 0.590. The van der Waals surface area contributed by atoms with Crippen LogP contribution in [0.4, 0.5) is 5.69 Å². The Morgan fingerprint density at radius 1 is 0.870 bits per heavy atom. The van der Waals surface area contributed by atoms with Gasteiger partial charge in [0.15, 0.2) is 0 Å². The highest BCUT2D eigenvalue weighted by molar-refractivity contribution is 5.53. The summed E-state index contributed by atoms with van der Waals surface area (Å²) < 4.78 is 0. The van der Waals surface area contributed by atoms with Crippen molar-refractivity contribution in [2.75, 3.05) is 4.90 Å². The topological polar surface area (TPSA) is 3.24 Å². The summed E-state index contributed by atoms with van der Waals surface area (Å²) in [6.07, 6.45) is 2.50. The molecule has 1 nitrogen and oxygen atoms in total. The van der Waals surface area contributed by atoms with E-state index in [2.05, 4.69) is 88.0 Å². The van der Waals surface area contributed by atoms with E-state index in [0.717, 1.165) is 0 Å². The summed E-state index contributed by atoms with van der Waals surface area (Å²) >= 11 is 0. The Morgan fingerprint density at radius 3 is 2.04 bits per heavy atom. The Morgan fingerprint density at radius 2 is 1.48 bits per heavy atom. The first kappa shape index (κ1) is 16.1. The number of hydrogen-bond donors (Lipinski definition) is 0. The molecule has 2 aromatic carbocycles. The first-order valence-corrected chi connectivity index (χ1v) is 8.82. The average molecular weight is 307 g/mol. The summed E-state index contributed by atoms with van der Waals surface area (Å²) in [5, 5.41) is 0. The summed E-state index contributed by atoms with van der Waals surface area (Å²) in [7, 11) is 0. The van der Waals surface area contributed by atoms with Crippen LogP contribution in [-0.2, 0) is 5.41 Å². The zero-order chi connectivity index (χ0) is 16.6. The van der Waals surface area contributed by atoms with Gasteiger partial charge in [-0.3, -0.25) is 0 Å². The molecule has 1 heterocycles. The second-order valence-electron chi connectivity index (χ2n) is 8.06. The molecule has 0 aliphatic carbocycles. The van der Waals surface area contributed by atoms with Crippen LogP contribution in [0.2, 0.25) is 0 Å². The van der Waals surface area contributed by atoms with E-state index in [4.69, 9.17) is 0 Å². The van der Waals surface area contributed by atoms with E-state index in [1.54, 1.807) is 0 Å². The van der Waals surface area contributed by atoms with E-state index in [1.807, 2.05) is 0 Å². The van der Waals surface area contributed by atoms with E-state index >= 15 is 0 Å². The molecule has 0 aromatic heterocycles. The molecule has 1 fully saturated rings. The molecule has 1 saturated heterocycles. The van der Waals surface area contributed by atoms with Crippen LogP contribution in [-0.4, -0.2) is 6.04 Å². The predicted octanol–water partition coefficient (Wildman–Crippen LogP) is 6.02. The Balaban J connectivity index is 1.91. The van der Waals surface area contributed by atoms with Crippen molar-refractivity contribution in [2.24, 2.45) is 0 Å². The summed E-state index contributed by atoms with van der Waals surface area (Å²) in [5.74, 6) is 0. The van der Waals surface area contributed by atoms with Crippen molar-refractivity contribution in [3.8, 4) is 0 Å². The monoisotopic (exact) mass is 307 g/mol. The molecule has 2 aromatic rings. The zero-order valence-electron chi connectivity index (χ0n) is 15.1. The van der Waals surface area contributed by atoms with Gasteiger partial charge in [-0.25, -0.2) is 0 Å². The molecule has 0 radical (unpaired) electrons. The van der Waals surface area contributed by atoms with Crippen molar-refractivity contribution in [3.63, 3.8) is 0 Å². The summed E-state index contributed by atoms with van der Waals surface area (Å²) in [4.78, 5) is 2.61. The third kappa shape index (κ3) is 3.29. The third-order valence-electron chi connectivity index (χ3n) is 5.16. The van der Waals surface area contributed by atoms with Gasteiger partial charge < -0.3 is 4.90 Å². The minimum atomic E-state index is 0.214. The molecule has 1 aliphatic heterocycles. The largest absolute Gasteiger partial charge is 0.362 e. The van der Waals surface area contributed by atoms with Gasteiger partial charge >= 0.3 is 0 Å². The third-order valence-corrected chi connectivity index (χ3v) is 5.16. The lowest BCUT2D eigenvalue weighted by Gasteiger charge is -2.32. The Hall–Kier alpha value is -1.76. The van der Waals surface area contributed by atoms with E-state index in [1.165, 1.54) is 35.2 Å². The molecule has 1 heteroatoms. The molecule has 1 aliphatic rings. The van der Waals surface area contributed by atoms with Crippen LogP contribution in [0.3, 0.4) is 0 Å². The zero-order valence-corrected chi connectivity index (χ0v) is 15.1. The maximum absolute atomic E-state index is 2.61. The normalized spacial score (nSPS) is 21.7. The van der Waals surface area contributed by atoms with Crippen molar-refractivity contribution in [1.82, 2.24) is 0 Å². The average Bonchev–Trinajstić information content (AvgIpc) is 2.89. The molecule has 0 spiro atoms. The summed E-state index contributed by atoms with van der Waals surface area (Å²) in [5.41, 5.74) is 5.75. The molecule has 0 bridgehead atoms. The number of benzene rings is 2. The lowest BCUT2D eigenvalue weighted by Crippen LogP contribution is -2.29. The standard InChI is InChI=1S/C22H29N/c1-16-6-9-18(10-7-16)21-15-8-17(2)23(21)20-13-11-19(12-14-20)22(3,4)5/h6-7,9-14,17,21H,8,15H2,1-5H3/t17-,21+/m1/s1. The van der Waals surface area contributed by atoms with Crippen LogP contribution >= 0.6 is 0 Å². The fourth-order valence-electron chi connectivity index (χ4n) is 3.67. The van der Waals surface area contributed by atoms with Gasteiger partial charge in [0.1, 0.15) is 0 Å². The van der Waals surface area contributed by atoms with Crippen LogP contribution < -0.4 is 4.90 Å². The van der Waals surface area contributed by atoms with Crippen molar-refractivity contribution in [3.05, 3.63) is 65.2 Å². The fraction of sp³-hybridized carbons (Fsp3) is 0.455. The van der Waals surface area contributed by atoms with Crippen molar-refractivity contribution in [1.29, 1.82) is 0 Å². The minimum Gasteiger partial charge on any atom is -0.362 e. The van der Waals surface area contributed by atoms with Crippen LogP contribution in [0.15, 0.2) is 48.5 Å². The smallest absolute Gasteiger partial charge is 0.0546 e. The molecule has 0 N–H and O–H groups in total. The van der Waals surface area contributed by atoms with Gasteiger partial charge in [-0.05, 0) is 55.4 Å². The molecular formula is C22H29N. The maximum atomic E-state index is 2.61. The van der Waals surface area contributed by atoms with E-state index in [0.29, 0.717) is 12.1 Å². The predicted molar refractivity (Wildman–Crippen MR) is 100 cm³/mol. The highest BCUT2D eigenvalue weighted by atomic mass is 15.2. The molecular weight excluding hydrogens is 278 g/mol. The number of hydrogen-bond acceptors (Lipinski definition) is 1. The van der Waals surface area contributed by atoms with E-state index < -0.39 is 0 Å². The molecule has 2 atom stereocenters. The summed E-state index contributed by atoms with van der Waals surface area (Å²) in [6.45, 7) is 11.3. The Bertz CT molecular complexity index is 646. The molecule has 0 amide bonds. The quantitative estimate of drug-likeness (QED) is 0.655. The molecule has 23 heavy (non-hydrogen) atoms. The fourth-order valence-corrected chi connectivity index (χ4v) is 3.67. The van der Waals surface area contributed by atoms with Crippen molar-refractivity contribution in [2.45, 2.75) is 65.0 Å². The summed E-state index contributed by atoms with van der Waals surface area (Å²) in [6, 6.07) is 19.4. The van der Waals surface area contributed by atoms with Crippen LogP contribution in [0.1, 0.15) is 63.3 Å². The maximum Gasteiger partial charge on any atom is 0.0546 e. The van der Waals surface area contributed by atoms with E-state index in [9.17, 15) is 0 Å². The van der Waals surface area contributed by atoms with Crippen LogP contribution in [0, 0.1) is 6.92 Å². The van der Waals surface area contributed by atoms with E-state index in [-0.39, 0.29) is 5.41 Å². The molecule has 122 valence electrons. The number of anilines is 1. The first-order chi connectivity index (χ1) is 10.9. The molecule has 3 rings (SSSR count). The van der Waals surface area contributed by atoms with Crippen LogP contribution in [0.25, 0.3) is 0 Å². The van der Waals surface area contributed by atoms with Gasteiger partial charge in [0.25, 0.3) is 0 Å². The molecule has 0 unspecified atom stereocenters. The lowest BCUT2D eigenvalue weighted by atomic mass is 9.87. The first-order valence-electron chi connectivity index (χ1n) is 8.82. The number of nitrogens with zero attached hydrogens (tertiary/aromatic N) is 1. The van der Waals surface area contributed by atoms with Gasteiger partial charge in [0, 0.05) is 11.7 Å². The Labute approximate surface area is 141 Å². The second-order valence-corrected chi connectivity index (χ2v) is 8.06. The molecule has 0 saturated carbocycles. The minimum absolute atomic E-state index is 0.214. The van der Waals surface area contributed by atoms with Crippen molar-refractivity contribution < 1.29 is 0 Å². The van der Waals surface area contributed by atoms with Gasteiger partial charge in [-0.2, -0.15) is 0 Å². The van der Waals surface area contributed by atoms with Gasteiger partial charge in [-0.15, -0.1) is 0 Å². The second kappa shape index (κ2) is 6.03. The highest BCUT2D eigenvalue weighted by Gasteiger charge is 2.31. The van der Waals surface area contributed by atoms with Gasteiger partial charge in [-0.1, -0.05) is 62.7 Å².